The van der Waals surface area contributed by atoms with E-state index in [1.54, 1.807) is 12.4 Å². The van der Waals surface area contributed by atoms with Gasteiger partial charge in [-0.1, -0.05) is 6.07 Å². The third kappa shape index (κ3) is 4.77. The molecule has 0 unspecified atom stereocenters. The molecule has 1 aromatic rings. The Kier molecular flexibility index (Phi) is 6.79. The maximum Gasteiger partial charge on any atom is 0.158 e. The van der Waals surface area contributed by atoms with E-state index in [2.05, 4.69) is 4.98 Å². The van der Waals surface area contributed by atoms with Crippen molar-refractivity contribution >= 4 is 0 Å². The highest BCUT2D eigenvalue weighted by Crippen LogP contribution is 1.98. The Morgan fingerprint density at radius 3 is 1.19 bits per heavy atom. The highest BCUT2D eigenvalue weighted by molar-refractivity contribution is 5.52. The van der Waals surface area contributed by atoms with Gasteiger partial charge in [-0.15, -0.1) is 0 Å². The van der Waals surface area contributed by atoms with Crippen LogP contribution in [-0.4, -0.2) is 4.98 Å². The van der Waals surface area contributed by atoms with Gasteiger partial charge >= 0.3 is 0 Å². The standard InChI is InChI=1S/C6N4.C5H5N/c7-1-5(2-8)6(3-9)4-10;1-2-4-6-5-3-1/h;1-5H. The summed E-state index contributed by atoms with van der Waals surface area (Å²) in [6.07, 6.45) is 3.50. The highest BCUT2D eigenvalue weighted by atomic mass is 14.6. The third-order valence-electron chi connectivity index (χ3n) is 1.26. The molecule has 1 aromatic heterocycles. The van der Waals surface area contributed by atoms with Gasteiger partial charge in [0, 0.05) is 12.4 Å². The fourth-order valence-corrected chi connectivity index (χ4v) is 0.586. The number of rotatable bonds is 0. The molecule has 0 N–H and O–H groups in total. The second-order valence-electron chi connectivity index (χ2n) is 2.22. The first-order chi connectivity index (χ1) is 7.79. The van der Waals surface area contributed by atoms with Crippen molar-refractivity contribution in [1.82, 2.24) is 4.98 Å². The van der Waals surface area contributed by atoms with Gasteiger partial charge in [0.25, 0.3) is 0 Å². The molecule has 74 valence electrons. The zero-order chi connectivity index (χ0) is 12.2. The van der Waals surface area contributed by atoms with Crippen molar-refractivity contribution in [2.45, 2.75) is 0 Å². The molecule has 0 saturated carbocycles. The van der Waals surface area contributed by atoms with Gasteiger partial charge in [-0.25, -0.2) is 0 Å². The van der Waals surface area contributed by atoms with Crippen molar-refractivity contribution in [1.29, 1.82) is 21.0 Å². The smallest absolute Gasteiger partial charge is 0.158 e. The van der Waals surface area contributed by atoms with Crippen LogP contribution in [0.3, 0.4) is 0 Å². The number of allylic oxidation sites excluding steroid dienone is 2. The topological polar surface area (TPSA) is 108 Å². The molecular weight excluding hydrogens is 202 g/mol. The Morgan fingerprint density at radius 2 is 1.06 bits per heavy atom. The monoisotopic (exact) mass is 207 g/mol. The summed E-state index contributed by atoms with van der Waals surface area (Å²) in [6, 6.07) is 11.4. The summed E-state index contributed by atoms with van der Waals surface area (Å²) in [6.45, 7) is 0. The van der Waals surface area contributed by atoms with Crippen molar-refractivity contribution in [2.75, 3.05) is 0 Å². The number of pyridine rings is 1. The molecule has 5 heteroatoms. The molecule has 0 fully saturated rings. The lowest BCUT2D eigenvalue weighted by Crippen LogP contribution is -1.79. The van der Waals surface area contributed by atoms with E-state index >= 15 is 0 Å². The largest absolute Gasteiger partial charge is 0.265 e. The van der Waals surface area contributed by atoms with Crippen LogP contribution in [0.25, 0.3) is 0 Å². The zero-order valence-corrected chi connectivity index (χ0v) is 8.12. The van der Waals surface area contributed by atoms with Gasteiger partial charge in [-0.3, -0.25) is 4.98 Å². The van der Waals surface area contributed by atoms with E-state index in [4.69, 9.17) is 21.0 Å². The van der Waals surface area contributed by atoms with Crippen LogP contribution in [0.5, 0.6) is 0 Å². The summed E-state index contributed by atoms with van der Waals surface area (Å²) in [5.41, 5.74) is -0.880. The molecule has 1 heterocycles. The molecule has 0 aliphatic carbocycles. The lowest BCUT2D eigenvalue weighted by atomic mass is 10.2. The summed E-state index contributed by atoms with van der Waals surface area (Å²) < 4.78 is 0. The van der Waals surface area contributed by atoms with E-state index in [1.165, 1.54) is 24.3 Å². The normalized spacial score (nSPS) is 6.50. The van der Waals surface area contributed by atoms with Crippen LogP contribution in [0.4, 0.5) is 0 Å². The van der Waals surface area contributed by atoms with Gasteiger partial charge in [0.05, 0.1) is 0 Å². The van der Waals surface area contributed by atoms with Gasteiger partial charge < -0.3 is 0 Å². The van der Waals surface area contributed by atoms with E-state index in [9.17, 15) is 0 Å². The van der Waals surface area contributed by atoms with E-state index < -0.39 is 11.1 Å². The first-order valence-corrected chi connectivity index (χ1v) is 3.99. The Morgan fingerprint density at radius 1 is 0.688 bits per heavy atom. The molecule has 0 atom stereocenters. The van der Waals surface area contributed by atoms with Gasteiger partial charge in [0.15, 0.2) is 11.1 Å². The van der Waals surface area contributed by atoms with E-state index in [0.717, 1.165) is 0 Å². The Balaban J connectivity index is 0.000000315. The van der Waals surface area contributed by atoms with Crippen molar-refractivity contribution in [3.63, 3.8) is 0 Å². The van der Waals surface area contributed by atoms with Crippen LogP contribution in [0.15, 0.2) is 41.7 Å². The molecule has 0 bridgehead atoms. The second kappa shape index (κ2) is 8.45. The maximum atomic E-state index is 8.13. The van der Waals surface area contributed by atoms with E-state index in [-0.39, 0.29) is 0 Å². The Labute approximate surface area is 92.7 Å². The molecule has 0 amide bonds. The Bertz CT molecular complexity index is 424. The number of nitriles is 4. The molecule has 0 spiro atoms. The second-order valence-corrected chi connectivity index (χ2v) is 2.22. The average Bonchev–Trinajstić information content (AvgIpc) is 2.38. The highest BCUT2D eigenvalue weighted by Gasteiger charge is 2.01. The quantitative estimate of drug-likeness (QED) is 0.598. The fourth-order valence-electron chi connectivity index (χ4n) is 0.586. The molecule has 0 aromatic carbocycles. The predicted molar refractivity (Wildman–Crippen MR) is 53.7 cm³/mol. The summed E-state index contributed by atoms with van der Waals surface area (Å²) in [7, 11) is 0. The summed E-state index contributed by atoms with van der Waals surface area (Å²) in [5.74, 6) is 0. The molecule has 16 heavy (non-hydrogen) atoms. The number of hydrogen-bond acceptors (Lipinski definition) is 5. The van der Waals surface area contributed by atoms with Crippen LogP contribution in [0, 0.1) is 45.3 Å². The van der Waals surface area contributed by atoms with Crippen molar-refractivity contribution in [3.8, 4) is 24.3 Å². The minimum atomic E-state index is -0.440. The molecular formula is C11H5N5. The van der Waals surface area contributed by atoms with Gasteiger partial charge in [0.2, 0.25) is 0 Å². The fraction of sp³-hybridized carbons (Fsp3) is 0. The number of hydrogen-bond donors (Lipinski definition) is 0. The lowest BCUT2D eigenvalue weighted by Gasteiger charge is -1.76. The average molecular weight is 207 g/mol. The summed E-state index contributed by atoms with van der Waals surface area (Å²) >= 11 is 0. The third-order valence-corrected chi connectivity index (χ3v) is 1.26. The minimum Gasteiger partial charge on any atom is -0.265 e. The summed E-state index contributed by atoms with van der Waals surface area (Å²) in [5, 5.41) is 32.5. The van der Waals surface area contributed by atoms with E-state index in [0.29, 0.717) is 0 Å². The van der Waals surface area contributed by atoms with Crippen LogP contribution in [0.2, 0.25) is 0 Å². The maximum absolute atomic E-state index is 8.13. The zero-order valence-electron chi connectivity index (χ0n) is 8.12. The molecule has 5 nitrogen and oxygen atoms in total. The summed E-state index contributed by atoms with van der Waals surface area (Å²) in [4.78, 5) is 3.78. The first kappa shape index (κ1) is 12.8. The van der Waals surface area contributed by atoms with E-state index in [1.807, 2.05) is 18.2 Å². The molecule has 0 aliphatic rings. The van der Waals surface area contributed by atoms with Crippen LogP contribution in [-0.2, 0) is 0 Å². The molecule has 0 aliphatic heterocycles. The van der Waals surface area contributed by atoms with Crippen molar-refractivity contribution in [3.05, 3.63) is 41.7 Å². The van der Waals surface area contributed by atoms with Crippen LogP contribution >= 0.6 is 0 Å². The van der Waals surface area contributed by atoms with Crippen molar-refractivity contribution in [2.24, 2.45) is 0 Å². The number of aromatic nitrogens is 1. The molecule has 0 radical (unpaired) electrons. The van der Waals surface area contributed by atoms with Gasteiger partial charge in [0.1, 0.15) is 24.3 Å². The van der Waals surface area contributed by atoms with Crippen LogP contribution < -0.4 is 0 Å². The predicted octanol–water partition coefficient (Wildman–Crippen LogP) is 1.46. The molecule has 0 saturated heterocycles. The molecule has 1 rings (SSSR count). The lowest BCUT2D eigenvalue weighted by molar-refractivity contribution is 1.33. The SMILES string of the molecule is N#CC(C#N)=C(C#N)C#N.c1ccncc1. The van der Waals surface area contributed by atoms with Gasteiger partial charge in [-0.2, -0.15) is 21.0 Å². The van der Waals surface area contributed by atoms with Gasteiger partial charge in [-0.05, 0) is 12.1 Å². The van der Waals surface area contributed by atoms with Crippen LogP contribution in [0.1, 0.15) is 0 Å². The number of nitrogens with zero attached hydrogens (tertiary/aromatic N) is 5. The minimum absolute atomic E-state index is 0.440. The first-order valence-electron chi connectivity index (χ1n) is 3.99. The van der Waals surface area contributed by atoms with Crippen molar-refractivity contribution < 1.29 is 0 Å². The Hall–Kier alpha value is -3.15.